The minimum absolute atomic E-state index is 0.122. The number of anilines is 1. The van der Waals surface area contributed by atoms with Gasteiger partial charge < -0.3 is 10.4 Å². The van der Waals surface area contributed by atoms with E-state index in [1.54, 1.807) is 6.92 Å². The summed E-state index contributed by atoms with van der Waals surface area (Å²) >= 11 is 0. The van der Waals surface area contributed by atoms with Gasteiger partial charge in [0, 0.05) is 11.5 Å². The van der Waals surface area contributed by atoms with E-state index in [4.69, 9.17) is 0 Å². The van der Waals surface area contributed by atoms with Gasteiger partial charge in [0.1, 0.15) is 11.3 Å². The molecule has 0 aliphatic rings. The van der Waals surface area contributed by atoms with Gasteiger partial charge in [-0.05, 0) is 42.1 Å². The lowest BCUT2D eigenvalue weighted by molar-refractivity contribution is -0.385. The summed E-state index contributed by atoms with van der Waals surface area (Å²) < 4.78 is 32.4. The SMILES string of the molecule is Cc1ccc(C(=O)Nc2cc(S(=O)(=O)O)cc3cccc(O)c23)c([N+](=O)[O-])c1. The molecule has 3 aromatic carbocycles. The van der Waals surface area contributed by atoms with Crippen LogP contribution in [0.4, 0.5) is 11.4 Å². The number of benzene rings is 3. The average molecular weight is 402 g/mol. The monoisotopic (exact) mass is 402 g/mol. The van der Waals surface area contributed by atoms with Gasteiger partial charge in [0.25, 0.3) is 21.7 Å². The molecule has 0 bridgehead atoms. The third kappa shape index (κ3) is 3.63. The third-order valence-corrected chi connectivity index (χ3v) is 4.90. The molecule has 0 radical (unpaired) electrons. The molecule has 0 aliphatic heterocycles. The number of carbonyl (C=O) groups excluding carboxylic acids is 1. The van der Waals surface area contributed by atoms with Gasteiger partial charge >= 0.3 is 0 Å². The molecule has 1 amide bonds. The van der Waals surface area contributed by atoms with Crippen molar-refractivity contribution in [2.45, 2.75) is 11.8 Å². The molecule has 0 aliphatic carbocycles. The molecule has 3 N–H and O–H groups in total. The lowest BCUT2D eigenvalue weighted by Gasteiger charge is -2.12. The van der Waals surface area contributed by atoms with Crippen LogP contribution in [0, 0.1) is 17.0 Å². The quantitative estimate of drug-likeness (QED) is 0.345. The largest absolute Gasteiger partial charge is 0.507 e. The van der Waals surface area contributed by atoms with Crippen molar-refractivity contribution in [3.8, 4) is 5.75 Å². The van der Waals surface area contributed by atoms with E-state index in [-0.39, 0.29) is 27.8 Å². The molecule has 3 aromatic rings. The van der Waals surface area contributed by atoms with Crippen molar-refractivity contribution in [2.75, 3.05) is 5.32 Å². The van der Waals surface area contributed by atoms with Gasteiger partial charge in [-0.25, -0.2) is 0 Å². The minimum Gasteiger partial charge on any atom is -0.507 e. The molecular formula is C18H14N2O7S. The van der Waals surface area contributed by atoms with E-state index in [0.717, 1.165) is 12.1 Å². The number of nitrogens with one attached hydrogen (secondary N) is 1. The van der Waals surface area contributed by atoms with Crippen LogP contribution in [-0.4, -0.2) is 28.9 Å². The fraction of sp³-hybridized carbons (Fsp3) is 0.0556. The molecule has 9 nitrogen and oxygen atoms in total. The average Bonchev–Trinajstić information content (AvgIpc) is 2.60. The van der Waals surface area contributed by atoms with Crippen LogP contribution in [0.3, 0.4) is 0 Å². The van der Waals surface area contributed by atoms with Crippen LogP contribution in [0.25, 0.3) is 10.8 Å². The standard InChI is InChI=1S/C18H14N2O7S/c1-10-5-6-13(15(7-10)20(23)24)18(22)19-14-9-12(28(25,26)27)8-11-3-2-4-16(21)17(11)14/h2-9,21H,1H3,(H,19,22)(H,25,26,27). The highest BCUT2D eigenvalue weighted by molar-refractivity contribution is 7.85. The molecule has 0 unspecified atom stereocenters. The molecule has 0 heterocycles. The number of hydrogen-bond donors (Lipinski definition) is 3. The number of aryl methyl sites for hydroxylation is 1. The van der Waals surface area contributed by atoms with Crippen LogP contribution in [-0.2, 0) is 10.1 Å². The summed E-state index contributed by atoms with van der Waals surface area (Å²) in [6.45, 7) is 1.63. The molecular weight excluding hydrogens is 388 g/mol. The summed E-state index contributed by atoms with van der Waals surface area (Å²) in [5.41, 5.74) is -0.198. The van der Waals surface area contributed by atoms with E-state index in [9.17, 15) is 33.0 Å². The molecule has 0 fully saturated rings. The highest BCUT2D eigenvalue weighted by Crippen LogP contribution is 2.35. The molecule has 28 heavy (non-hydrogen) atoms. The molecule has 0 saturated heterocycles. The van der Waals surface area contributed by atoms with Crippen molar-refractivity contribution < 1.29 is 27.8 Å². The van der Waals surface area contributed by atoms with Gasteiger partial charge in [0.2, 0.25) is 0 Å². The summed E-state index contributed by atoms with van der Waals surface area (Å²) in [7, 11) is -4.60. The van der Waals surface area contributed by atoms with E-state index < -0.39 is 31.5 Å². The Hall–Kier alpha value is -3.50. The predicted octanol–water partition coefficient (Wildman–Crippen LogP) is 3.26. The van der Waals surface area contributed by atoms with Gasteiger partial charge in [-0.3, -0.25) is 19.5 Å². The van der Waals surface area contributed by atoms with Gasteiger partial charge in [-0.1, -0.05) is 18.2 Å². The van der Waals surface area contributed by atoms with Crippen molar-refractivity contribution in [2.24, 2.45) is 0 Å². The number of nitro groups is 1. The number of aromatic hydroxyl groups is 1. The Kier molecular flexibility index (Phi) is 4.75. The first-order chi connectivity index (χ1) is 13.1. The van der Waals surface area contributed by atoms with Gasteiger partial charge in [0.05, 0.1) is 15.5 Å². The molecule has 0 atom stereocenters. The minimum atomic E-state index is -4.60. The van der Waals surface area contributed by atoms with Crippen LogP contribution >= 0.6 is 0 Å². The van der Waals surface area contributed by atoms with E-state index in [1.807, 2.05) is 0 Å². The molecule has 144 valence electrons. The lowest BCUT2D eigenvalue weighted by atomic mass is 10.1. The van der Waals surface area contributed by atoms with Gasteiger partial charge in [-0.2, -0.15) is 8.42 Å². The summed E-state index contributed by atoms with van der Waals surface area (Å²) in [5.74, 6) is -1.11. The fourth-order valence-corrected chi connectivity index (χ4v) is 3.35. The van der Waals surface area contributed by atoms with Gasteiger partial charge in [0.15, 0.2) is 0 Å². The zero-order valence-electron chi connectivity index (χ0n) is 14.4. The maximum absolute atomic E-state index is 12.7. The van der Waals surface area contributed by atoms with Crippen LogP contribution in [0.1, 0.15) is 15.9 Å². The fourth-order valence-electron chi connectivity index (χ4n) is 2.80. The second kappa shape index (κ2) is 6.91. The van der Waals surface area contributed by atoms with E-state index in [0.29, 0.717) is 5.56 Å². The first-order valence-corrected chi connectivity index (χ1v) is 9.31. The van der Waals surface area contributed by atoms with E-state index in [1.165, 1.54) is 36.4 Å². The van der Waals surface area contributed by atoms with Crippen LogP contribution in [0.5, 0.6) is 5.75 Å². The highest BCUT2D eigenvalue weighted by Gasteiger charge is 2.22. The highest BCUT2D eigenvalue weighted by atomic mass is 32.2. The van der Waals surface area contributed by atoms with Crippen LogP contribution < -0.4 is 5.32 Å². The molecule has 10 heteroatoms. The van der Waals surface area contributed by atoms with Crippen molar-refractivity contribution >= 4 is 38.2 Å². The summed E-state index contributed by atoms with van der Waals surface area (Å²) in [6, 6.07) is 10.4. The maximum Gasteiger partial charge on any atom is 0.294 e. The second-order valence-electron chi connectivity index (χ2n) is 6.05. The Morgan fingerprint density at radius 3 is 2.50 bits per heavy atom. The van der Waals surface area contributed by atoms with E-state index in [2.05, 4.69) is 5.32 Å². The number of fused-ring (bicyclic) bond motifs is 1. The summed E-state index contributed by atoms with van der Waals surface area (Å²) in [4.78, 5) is 22.7. The summed E-state index contributed by atoms with van der Waals surface area (Å²) in [6.07, 6.45) is 0. The van der Waals surface area contributed by atoms with Gasteiger partial charge in [-0.15, -0.1) is 0 Å². The Bertz CT molecular complexity index is 1240. The number of nitro benzene ring substituents is 1. The van der Waals surface area contributed by atoms with Crippen molar-refractivity contribution in [3.05, 3.63) is 69.8 Å². The molecule has 3 rings (SSSR count). The molecule has 0 spiro atoms. The zero-order chi connectivity index (χ0) is 20.6. The number of carbonyl (C=O) groups is 1. The maximum atomic E-state index is 12.7. The van der Waals surface area contributed by atoms with Crippen molar-refractivity contribution in [3.63, 3.8) is 0 Å². The Balaban J connectivity index is 2.17. The second-order valence-corrected chi connectivity index (χ2v) is 7.47. The molecule has 0 aromatic heterocycles. The van der Waals surface area contributed by atoms with Crippen molar-refractivity contribution in [1.82, 2.24) is 0 Å². The topological polar surface area (TPSA) is 147 Å². The van der Waals surface area contributed by atoms with E-state index >= 15 is 0 Å². The third-order valence-electron chi connectivity index (χ3n) is 4.07. The predicted molar refractivity (Wildman–Crippen MR) is 101 cm³/mol. The lowest BCUT2D eigenvalue weighted by Crippen LogP contribution is -2.15. The number of hydrogen-bond acceptors (Lipinski definition) is 6. The smallest absolute Gasteiger partial charge is 0.294 e. The van der Waals surface area contributed by atoms with Crippen LogP contribution in [0.15, 0.2) is 53.4 Å². The normalized spacial score (nSPS) is 11.4. The first kappa shape index (κ1) is 19.3. The van der Waals surface area contributed by atoms with Crippen molar-refractivity contribution in [1.29, 1.82) is 0 Å². The van der Waals surface area contributed by atoms with Crippen LogP contribution in [0.2, 0.25) is 0 Å². The number of nitrogens with zero attached hydrogens (tertiary/aromatic N) is 1. The Labute approximate surface area is 159 Å². The zero-order valence-corrected chi connectivity index (χ0v) is 15.2. The number of rotatable bonds is 4. The molecule has 0 saturated carbocycles. The number of phenolic OH excluding ortho intramolecular Hbond substituents is 1. The number of amides is 1. The Morgan fingerprint density at radius 2 is 1.86 bits per heavy atom. The summed E-state index contributed by atoms with van der Waals surface area (Å²) in [5, 5.41) is 24.1. The Morgan fingerprint density at radius 1 is 1.14 bits per heavy atom. The number of phenols is 1. The first-order valence-electron chi connectivity index (χ1n) is 7.87.